The highest BCUT2D eigenvalue weighted by atomic mass is 16.5. The van der Waals surface area contributed by atoms with E-state index in [2.05, 4.69) is 77.7 Å². The monoisotopic (exact) mass is 354 g/mol. The van der Waals surface area contributed by atoms with Crippen molar-refractivity contribution in [2.45, 2.75) is 12.6 Å². The summed E-state index contributed by atoms with van der Waals surface area (Å²) in [5.41, 5.74) is 2.47. The van der Waals surface area contributed by atoms with Gasteiger partial charge in [-0.25, -0.2) is 0 Å². The van der Waals surface area contributed by atoms with Crippen LogP contribution in [-0.4, -0.2) is 57.6 Å². The van der Waals surface area contributed by atoms with Gasteiger partial charge in [-0.15, -0.1) is 0 Å². The fourth-order valence-corrected chi connectivity index (χ4v) is 2.95. The van der Waals surface area contributed by atoms with Crippen molar-refractivity contribution in [1.82, 2.24) is 15.1 Å². The number of aliphatic imine (C=N–C) groups is 1. The molecule has 0 aliphatic heterocycles. The molecule has 0 radical (unpaired) electrons. The summed E-state index contributed by atoms with van der Waals surface area (Å²) in [4.78, 5) is 8.76. The number of rotatable bonds is 7. The van der Waals surface area contributed by atoms with Crippen molar-refractivity contribution in [3.63, 3.8) is 0 Å². The quantitative estimate of drug-likeness (QED) is 0.613. The molecule has 0 amide bonds. The number of nitrogens with zero attached hydrogens (tertiary/aromatic N) is 3. The van der Waals surface area contributed by atoms with E-state index in [0.717, 1.165) is 24.8 Å². The van der Waals surface area contributed by atoms with E-state index >= 15 is 0 Å². The van der Waals surface area contributed by atoms with Crippen LogP contribution < -0.4 is 10.1 Å². The molecule has 0 aliphatic rings. The molecular formula is C21H30N4O. The molecule has 1 N–H and O–H groups in total. The Labute approximate surface area is 157 Å². The Kier molecular flexibility index (Phi) is 7.48. The van der Waals surface area contributed by atoms with Crippen LogP contribution in [0, 0.1) is 0 Å². The minimum atomic E-state index is 0.215. The van der Waals surface area contributed by atoms with Crippen molar-refractivity contribution in [3.8, 4) is 5.75 Å². The molecule has 0 aliphatic carbocycles. The van der Waals surface area contributed by atoms with Gasteiger partial charge in [-0.1, -0.05) is 42.5 Å². The Morgan fingerprint density at radius 2 is 1.81 bits per heavy atom. The van der Waals surface area contributed by atoms with Gasteiger partial charge in [0.15, 0.2) is 5.96 Å². The number of hydrogen-bond donors (Lipinski definition) is 1. The Hall–Kier alpha value is -2.53. The summed E-state index contributed by atoms with van der Waals surface area (Å²) in [5.74, 6) is 1.75. The summed E-state index contributed by atoms with van der Waals surface area (Å²) < 4.78 is 5.37. The molecule has 0 fully saturated rings. The van der Waals surface area contributed by atoms with E-state index in [-0.39, 0.29) is 6.04 Å². The highest BCUT2D eigenvalue weighted by Crippen LogP contribution is 2.22. The van der Waals surface area contributed by atoms with Crippen LogP contribution in [0.15, 0.2) is 59.6 Å². The fraction of sp³-hybridized carbons (Fsp3) is 0.381. The van der Waals surface area contributed by atoms with Gasteiger partial charge < -0.3 is 19.9 Å². The third-order valence-corrected chi connectivity index (χ3v) is 4.39. The molecule has 2 aromatic carbocycles. The largest absolute Gasteiger partial charge is 0.497 e. The molecule has 1 atom stereocenters. The van der Waals surface area contributed by atoms with E-state index in [4.69, 9.17) is 4.74 Å². The van der Waals surface area contributed by atoms with Crippen molar-refractivity contribution >= 4 is 5.96 Å². The van der Waals surface area contributed by atoms with Crippen molar-refractivity contribution in [2.24, 2.45) is 4.99 Å². The minimum Gasteiger partial charge on any atom is -0.497 e. The van der Waals surface area contributed by atoms with Crippen LogP contribution in [-0.2, 0) is 6.54 Å². The predicted molar refractivity (Wildman–Crippen MR) is 109 cm³/mol. The summed E-state index contributed by atoms with van der Waals surface area (Å²) in [6, 6.07) is 18.8. The van der Waals surface area contributed by atoms with Gasteiger partial charge in [0.1, 0.15) is 5.75 Å². The number of nitrogens with one attached hydrogen (secondary N) is 1. The van der Waals surface area contributed by atoms with E-state index in [1.54, 1.807) is 7.11 Å². The molecule has 5 nitrogen and oxygen atoms in total. The summed E-state index contributed by atoms with van der Waals surface area (Å²) in [6.45, 7) is 1.57. The van der Waals surface area contributed by atoms with E-state index in [9.17, 15) is 0 Å². The first-order chi connectivity index (χ1) is 12.5. The Morgan fingerprint density at radius 3 is 2.42 bits per heavy atom. The van der Waals surface area contributed by atoms with Crippen molar-refractivity contribution < 1.29 is 4.74 Å². The summed E-state index contributed by atoms with van der Waals surface area (Å²) in [6.07, 6.45) is 0. The van der Waals surface area contributed by atoms with Crippen molar-refractivity contribution in [3.05, 3.63) is 65.7 Å². The maximum atomic E-state index is 5.37. The van der Waals surface area contributed by atoms with Gasteiger partial charge in [-0.2, -0.15) is 0 Å². The van der Waals surface area contributed by atoms with Gasteiger partial charge in [0.2, 0.25) is 0 Å². The second-order valence-corrected chi connectivity index (χ2v) is 6.53. The third-order valence-electron chi connectivity index (χ3n) is 4.39. The van der Waals surface area contributed by atoms with Gasteiger partial charge in [0.25, 0.3) is 0 Å². The lowest BCUT2D eigenvalue weighted by Gasteiger charge is -2.28. The Morgan fingerprint density at radius 1 is 1.08 bits per heavy atom. The Bertz CT molecular complexity index is 700. The zero-order valence-corrected chi connectivity index (χ0v) is 16.4. The number of methoxy groups -OCH3 is 1. The SMILES string of the molecule is CN=C(NCC(c1cccc(OC)c1)N(C)C)N(C)Cc1ccccc1. The van der Waals surface area contributed by atoms with Crippen LogP contribution in [0.5, 0.6) is 5.75 Å². The third kappa shape index (κ3) is 5.49. The molecule has 0 aromatic heterocycles. The molecule has 26 heavy (non-hydrogen) atoms. The molecule has 0 saturated carbocycles. The van der Waals surface area contributed by atoms with Crippen LogP contribution in [0.3, 0.4) is 0 Å². The standard InChI is InChI=1S/C21H30N4O/c1-22-21(25(4)16-17-10-7-6-8-11-17)23-15-20(24(2)3)18-12-9-13-19(14-18)26-5/h6-14,20H,15-16H2,1-5H3,(H,22,23). The molecular weight excluding hydrogens is 324 g/mol. The first kappa shape index (κ1) is 19.8. The molecule has 5 heteroatoms. The topological polar surface area (TPSA) is 40.1 Å². The van der Waals surface area contributed by atoms with E-state index in [1.807, 2.05) is 25.2 Å². The van der Waals surface area contributed by atoms with Gasteiger partial charge in [0, 0.05) is 27.2 Å². The van der Waals surface area contributed by atoms with Gasteiger partial charge in [0.05, 0.1) is 13.2 Å². The first-order valence-electron chi connectivity index (χ1n) is 8.81. The molecule has 0 spiro atoms. The minimum absolute atomic E-state index is 0.215. The number of ether oxygens (including phenoxy) is 1. The zero-order chi connectivity index (χ0) is 18.9. The van der Waals surface area contributed by atoms with Crippen LogP contribution in [0.2, 0.25) is 0 Å². The van der Waals surface area contributed by atoms with Gasteiger partial charge >= 0.3 is 0 Å². The second-order valence-electron chi connectivity index (χ2n) is 6.53. The second kappa shape index (κ2) is 9.82. The Balaban J connectivity index is 2.04. The summed E-state index contributed by atoms with van der Waals surface area (Å²) in [7, 11) is 9.74. The maximum absolute atomic E-state index is 5.37. The highest BCUT2D eigenvalue weighted by molar-refractivity contribution is 5.79. The predicted octanol–water partition coefficient (Wildman–Crippen LogP) is 3.01. The molecule has 2 aromatic rings. The van der Waals surface area contributed by atoms with E-state index < -0.39 is 0 Å². The number of benzene rings is 2. The summed E-state index contributed by atoms with van der Waals surface area (Å²) >= 11 is 0. The molecule has 0 saturated heterocycles. The molecule has 0 bridgehead atoms. The van der Waals surface area contributed by atoms with Gasteiger partial charge in [-0.05, 0) is 37.4 Å². The lowest BCUT2D eigenvalue weighted by molar-refractivity contribution is 0.294. The van der Waals surface area contributed by atoms with Crippen LogP contribution in [0.25, 0.3) is 0 Å². The summed E-state index contributed by atoms with van der Waals surface area (Å²) in [5, 5.41) is 3.50. The average molecular weight is 354 g/mol. The molecule has 2 rings (SSSR count). The van der Waals surface area contributed by atoms with Crippen LogP contribution in [0.1, 0.15) is 17.2 Å². The number of hydrogen-bond acceptors (Lipinski definition) is 3. The molecule has 1 unspecified atom stereocenters. The molecule has 0 heterocycles. The first-order valence-corrected chi connectivity index (χ1v) is 8.81. The van der Waals surface area contributed by atoms with E-state index in [0.29, 0.717) is 0 Å². The lowest BCUT2D eigenvalue weighted by Crippen LogP contribution is -2.42. The van der Waals surface area contributed by atoms with Crippen molar-refractivity contribution in [2.75, 3.05) is 41.8 Å². The molecule has 140 valence electrons. The number of likely N-dealkylation sites (N-methyl/N-ethyl adjacent to an activating group) is 1. The normalized spacial score (nSPS) is 12.8. The van der Waals surface area contributed by atoms with Crippen LogP contribution >= 0.6 is 0 Å². The maximum Gasteiger partial charge on any atom is 0.193 e. The van der Waals surface area contributed by atoms with Gasteiger partial charge in [-0.3, -0.25) is 4.99 Å². The van der Waals surface area contributed by atoms with Crippen LogP contribution in [0.4, 0.5) is 0 Å². The van der Waals surface area contributed by atoms with E-state index in [1.165, 1.54) is 11.1 Å². The smallest absolute Gasteiger partial charge is 0.193 e. The number of guanidine groups is 1. The average Bonchev–Trinajstić information content (AvgIpc) is 2.65. The lowest BCUT2D eigenvalue weighted by atomic mass is 10.1. The fourth-order valence-electron chi connectivity index (χ4n) is 2.95. The highest BCUT2D eigenvalue weighted by Gasteiger charge is 2.16. The van der Waals surface area contributed by atoms with Crippen molar-refractivity contribution in [1.29, 1.82) is 0 Å². The zero-order valence-electron chi connectivity index (χ0n) is 16.4.